The maximum absolute atomic E-state index is 12.3. The Morgan fingerprint density at radius 1 is 1.39 bits per heavy atom. The Morgan fingerprint density at radius 2 is 2.00 bits per heavy atom. The highest BCUT2D eigenvalue weighted by Gasteiger charge is 2.29. The van der Waals surface area contributed by atoms with Crippen molar-refractivity contribution in [2.45, 2.75) is 59.9 Å². The van der Waals surface area contributed by atoms with Crippen molar-refractivity contribution in [2.75, 3.05) is 19.6 Å². The van der Waals surface area contributed by atoms with Crippen LogP contribution in [0.25, 0.3) is 0 Å². The zero-order valence-electron chi connectivity index (χ0n) is 13.0. The molecule has 0 spiro atoms. The number of rotatable bonds is 3. The molecule has 1 heterocycles. The molecule has 106 valence electrons. The first-order valence-electron chi connectivity index (χ1n) is 7.12. The quantitative estimate of drug-likeness (QED) is 0.840. The molecule has 1 unspecified atom stereocenters. The molecule has 0 aromatic rings. The highest BCUT2D eigenvalue weighted by molar-refractivity contribution is 5.76. The molecule has 1 atom stereocenters. The molecule has 0 aromatic carbocycles. The smallest absolute Gasteiger partial charge is 0.222 e. The van der Waals surface area contributed by atoms with Crippen LogP contribution in [0.2, 0.25) is 0 Å². The van der Waals surface area contributed by atoms with Gasteiger partial charge in [-0.2, -0.15) is 0 Å². The zero-order chi connectivity index (χ0) is 14.0. The SMILES string of the molecule is CC(CC(=O)N1CCNC(C)(C)C1)CC(C)(C)C. The van der Waals surface area contributed by atoms with Crippen LogP contribution in [0.5, 0.6) is 0 Å². The van der Waals surface area contributed by atoms with Crippen LogP contribution in [0.4, 0.5) is 0 Å². The number of hydrogen-bond acceptors (Lipinski definition) is 2. The normalized spacial score (nSPS) is 21.8. The highest BCUT2D eigenvalue weighted by Crippen LogP contribution is 2.26. The summed E-state index contributed by atoms with van der Waals surface area (Å²) in [5.74, 6) is 0.789. The molecule has 3 nitrogen and oxygen atoms in total. The van der Waals surface area contributed by atoms with Crippen LogP contribution in [0.1, 0.15) is 54.4 Å². The number of hydrogen-bond donors (Lipinski definition) is 1. The molecule has 18 heavy (non-hydrogen) atoms. The van der Waals surface area contributed by atoms with Crippen LogP contribution in [-0.4, -0.2) is 36.0 Å². The van der Waals surface area contributed by atoms with Gasteiger partial charge in [0.15, 0.2) is 0 Å². The standard InChI is InChI=1S/C15H30N2O/c1-12(10-14(2,3)4)9-13(18)17-8-7-16-15(5,6)11-17/h12,16H,7-11H2,1-6H3. The molecule has 1 aliphatic rings. The Morgan fingerprint density at radius 3 is 2.50 bits per heavy atom. The van der Waals surface area contributed by atoms with Crippen molar-refractivity contribution in [1.29, 1.82) is 0 Å². The molecular weight excluding hydrogens is 224 g/mol. The molecule has 0 aromatic heterocycles. The van der Waals surface area contributed by atoms with E-state index in [1.165, 1.54) is 0 Å². The van der Waals surface area contributed by atoms with Gasteiger partial charge in [0.05, 0.1) is 0 Å². The van der Waals surface area contributed by atoms with E-state index in [4.69, 9.17) is 0 Å². The molecule has 0 aliphatic carbocycles. The predicted octanol–water partition coefficient (Wildman–Crippen LogP) is 2.66. The number of carbonyl (C=O) groups is 1. The molecular formula is C15H30N2O. The Bertz CT molecular complexity index is 291. The van der Waals surface area contributed by atoms with Gasteiger partial charge in [0.2, 0.25) is 5.91 Å². The number of carbonyl (C=O) groups excluding carboxylic acids is 1. The largest absolute Gasteiger partial charge is 0.340 e. The Labute approximate surface area is 112 Å². The predicted molar refractivity (Wildman–Crippen MR) is 76.5 cm³/mol. The molecule has 0 bridgehead atoms. The van der Waals surface area contributed by atoms with Crippen LogP contribution >= 0.6 is 0 Å². The second kappa shape index (κ2) is 5.60. The van der Waals surface area contributed by atoms with E-state index in [0.717, 1.165) is 26.1 Å². The monoisotopic (exact) mass is 254 g/mol. The van der Waals surface area contributed by atoms with Crippen molar-refractivity contribution in [3.05, 3.63) is 0 Å². The fourth-order valence-electron chi connectivity index (χ4n) is 2.90. The fourth-order valence-corrected chi connectivity index (χ4v) is 2.90. The van der Waals surface area contributed by atoms with Crippen LogP contribution < -0.4 is 5.32 Å². The van der Waals surface area contributed by atoms with Crippen molar-refractivity contribution < 1.29 is 4.79 Å². The average Bonchev–Trinajstić information content (AvgIpc) is 2.12. The van der Waals surface area contributed by atoms with Crippen molar-refractivity contribution in [1.82, 2.24) is 10.2 Å². The molecule has 1 N–H and O–H groups in total. The van der Waals surface area contributed by atoms with Crippen molar-refractivity contribution in [3.8, 4) is 0 Å². The van der Waals surface area contributed by atoms with Crippen molar-refractivity contribution in [3.63, 3.8) is 0 Å². The van der Waals surface area contributed by atoms with Crippen LogP contribution in [0.3, 0.4) is 0 Å². The summed E-state index contributed by atoms with van der Waals surface area (Å²) in [6.07, 6.45) is 1.79. The minimum Gasteiger partial charge on any atom is -0.340 e. The molecule has 0 radical (unpaired) electrons. The Hall–Kier alpha value is -0.570. The van der Waals surface area contributed by atoms with E-state index in [0.29, 0.717) is 23.7 Å². The van der Waals surface area contributed by atoms with Gasteiger partial charge in [0, 0.05) is 31.6 Å². The van der Waals surface area contributed by atoms with E-state index in [-0.39, 0.29) is 5.54 Å². The van der Waals surface area contributed by atoms with E-state index < -0.39 is 0 Å². The van der Waals surface area contributed by atoms with Crippen molar-refractivity contribution in [2.24, 2.45) is 11.3 Å². The molecule has 1 amide bonds. The maximum Gasteiger partial charge on any atom is 0.222 e. The maximum atomic E-state index is 12.3. The number of amides is 1. The lowest BCUT2D eigenvalue weighted by Crippen LogP contribution is -2.58. The lowest BCUT2D eigenvalue weighted by molar-refractivity contribution is -0.134. The topological polar surface area (TPSA) is 32.3 Å². The molecule has 3 heteroatoms. The van der Waals surface area contributed by atoms with Gasteiger partial charge in [0.25, 0.3) is 0 Å². The highest BCUT2D eigenvalue weighted by atomic mass is 16.2. The minimum atomic E-state index is 0.0567. The summed E-state index contributed by atoms with van der Waals surface area (Å²) in [4.78, 5) is 14.3. The zero-order valence-corrected chi connectivity index (χ0v) is 13.0. The van der Waals surface area contributed by atoms with Gasteiger partial charge >= 0.3 is 0 Å². The third kappa shape index (κ3) is 5.38. The van der Waals surface area contributed by atoms with Gasteiger partial charge in [-0.3, -0.25) is 4.79 Å². The Balaban J connectivity index is 2.45. The van der Waals surface area contributed by atoms with Gasteiger partial charge in [-0.1, -0.05) is 27.7 Å². The molecule has 0 saturated carbocycles. The molecule has 1 aliphatic heterocycles. The number of piperazine rings is 1. The summed E-state index contributed by atoms with van der Waals surface area (Å²) in [5.41, 5.74) is 0.365. The summed E-state index contributed by atoms with van der Waals surface area (Å²) >= 11 is 0. The van der Waals surface area contributed by atoms with Gasteiger partial charge in [-0.25, -0.2) is 0 Å². The van der Waals surface area contributed by atoms with Crippen LogP contribution in [0.15, 0.2) is 0 Å². The minimum absolute atomic E-state index is 0.0567. The van der Waals surface area contributed by atoms with Gasteiger partial charge < -0.3 is 10.2 Å². The first kappa shape index (κ1) is 15.5. The first-order chi connectivity index (χ1) is 8.09. The second-order valence-corrected chi connectivity index (χ2v) is 7.70. The average molecular weight is 254 g/mol. The summed E-state index contributed by atoms with van der Waals surface area (Å²) in [6.45, 7) is 15.8. The molecule has 1 saturated heterocycles. The summed E-state index contributed by atoms with van der Waals surface area (Å²) in [5, 5.41) is 3.44. The fraction of sp³-hybridized carbons (Fsp3) is 0.933. The van der Waals surface area contributed by atoms with Crippen LogP contribution in [0, 0.1) is 11.3 Å². The van der Waals surface area contributed by atoms with Crippen LogP contribution in [-0.2, 0) is 4.79 Å². The van der Waals surface area contributed by atoms with E-state index in [1.54, 1.807) is 0 Å². The van der Waals surface area contributed by atoms with E-state index in [9.17, 15) is 4.79 Å². The summed E-state index contributed by atoms with van der Waals surface area (Å²) < 4.78 is 0. The summed E-state index contributed by atoms with van der Waals surface area (Å²) in [6, 6.07) is 0. The third-order valence-corrected chi connectivity index (χ3v) is 3.41. The number of nitrogens with zero attached hydrogens (tertiary/aromatic N) is 1. The van der Waals surface area contributed by atoms with Gasteiger partial charge in [0.1, 0.15) is 0 Å². The van der Waals surface area contributed by atoms with E-state index in [2.05, 4.69) is 46.9 Å². The summed E-state index contributed by atoms with van der Waals surface area (Å²) in [7, 11) is 0. The van der Waals surface area contributed by atoms with Crippen molar-refractivity contribution >= 4 is 5.91 Å². The van der Waals surface area contributed by atoms with Gasteiger partial charge in [-0.05, 0) is 31.6 Å². The third-order valence-electron chi connectivity index (χ3n) is 3.41. The second-order valence-electron chi connectivity index (χ2n) is 7.70. The lowest BCUT2D eigenvalue weighted by atomic mass is 9.84. The molecule has 1 rings (SSSR count). The molecule has 1 fully saturated rings. The van der Waals surface area contributed by atoms with Gasteiger partial charge in [-0.15, -0.1) is 0 Å². The first-order valence-corrected chi connectivity index (χ1v) is 7.12. The van der Waals surface area contributed by atoms with E-state index >= 15 is 0 Å². The Kier molecular flexibility index (Phi) is 4.82. The van der Waals surface area contributed by atoms with E-state index in [1.807, 2.05) is 4.90 Å². The number of nitrogens with one attached hydrogen (secondary N) is 1. The lowest BCUT2D eigenvalue weighted by Gasteiger charge is -2.39.